The lowest BCUT2D eigenvalue weighted by atomic mass is 9.74. The van der Waals surface area contributed by atoms with Crippen LogP contribution in [0.3, 0.4) is 0 Å². The molecule has 0 radical (unpaired) electrons. The second-order valence-corrected chi connectivity index (χ2v) is 10.8. The van der Waals surface area contributed by atoms with Crippen molar-refractivity contribution in [2.24, 2.45) is 5.92 Å². The average molecular weight is 448 g/mol. The molecule has 1 aliphatic carbocycles. The van der Waals surface area contributed by atoms with Crippen molar-refractivity contribution in [2.75, 3.05) is 26.2 Å². The van der Waals surface area contributed by atoms with E-state index in [1.807, 2.05) is 18.5 Å². The lowest BCUT2D eigenvalue weighted by Crippen LogP contribution is -2.65. The zero-order chi connectivity index (χ0) is 22.6. The number of nitrogens with zero attached hydrogens (tertiary/aromatic N) is 2. The Morgan fingerprint density at radius 3 is 2.36 bits per heavy atom. The summed E-state index contributed by atoms with van der Waals surface area (Å²) in [4.78, 5) is 18.0. The Labute approximate surface area is 199 Å². The summed E-state index contributed by atoms with van der Waals surface area (Å²) in [6.07, 6.45) is 15.1. The SMILES string of the molecule is O=C(OC1C[N+]2(CCCc3ccncc3)CCC1CC2)C1(c2ccccc2)CCCCCC1. The standard InChI is InChI=1S/C29H39N2O2/c32-28(29(16-6-1-2-7-17-29)26-10-4-3-5-11-26)33-27-23-31(21-14-25(27)15-22-31)20-8-9-24-12-18-30-19-13-24/h3-5,10-13,18-19,25,27H,1-2,6-9,14-17,20-23H2/q+1. The molecule has 1 aromatic heterocycles. The normalized spacial score (nSPS) is 28.7. The van der Waals surface area contributed by atoms with Gasteiger partial charge in [-0.2, -0.15) is 0 Å². The van der Waals surface area contributed by atoms with E-state index in [9.17, 15) is 4.79 Å². The molecule has 1 unspecified atom stereocenters. The summed E-state index contributed by atoms with van der Waals surface area (Å²) in [5.41, 5.74) is 2.09. The van der Waals surface area contributed by atoms with Crippen LogP contribution in [-0.4, -0.2) is 47.7 Å². The van der Waals surface area contributed by atoms with E-state index >= 15 is 0 Å². The first-order chi connectivity index (χ1) is 16.2. The molecule has 0 amide bonds. The molecule has 33 heavy (non-hydrogen) atoms. The molecule has 1 saturated carbocycles. The number of hydrogen-bond donors (Lipinski definition) is 0. The van der Waals surface area contributed by atoms with Crippen LogP contribution in [-0.2, 0) is 21.4 Å². The van der Waals surface area contributed by atoms with Crippen molar-refractivity contribution in [2.45, 2.75) is 75.7 Å². The molecular weight excluding hydrogens is 408 g/mol. The maximum atomic E-state index is 13.9. The zero-order valence-electron chi connectivity index (χ0n) is 20.0. The first kappa shape index (κ1) is 22.6. The van der Waals surface area contributed by atoms with Gasteiger partial charge in [0, 0.05) is 37.6 Å². The molecule has 0 spiro atoms. The fourth-order valence-electron chi connectivity index (χ4n) is 6.79. The van der Waals surface area contributed by atoms with Crippen molar-refractivity contribution >= 4 is 5.97 Å². The number of carbonyl (C=O) groups excluding carboxylic acids is 1. The van der Waals surface area contributed by atoms with Gasteiger partial charge in [0.15, 0.2) is 6.10 Å². The second-order valence-electron chi connectivity index (χ2n) is 10.8. The Hall–Kier alpha value is -2.20. The van der Waals surface area contributed by atoms with E-state index < -0.39 is 5.41 Å². The third-order valence-corrected chi connectivity index (χ3v) is 8.82. The van der Waals surface area contributed by atoms with Gasteiger partial charge >= 0.3 is 5.97 Å². The largest absolute Gasteiger partial charge is 0.455 e. The van der Waals surface area contributed by atoms with Gasteiger partial charge in [0.05, 0.1) is 25.0 Å². The van der Waals surface area contributed by atoms with Crippen molar-refractivity contribution in [3.05, 3.63) is 66.0 Å². The quantitative estimate of drug-likeness (QED) is 0.321. The first-order valence-electron chi connectivity index (χ1n) is 13.2. The molecule has 4 fully saturated rings. The molecule has 1 aromatic carbocycles. The summed E-state index contributed by atoms with van der Waals surface area (Å²) in [6.45, 7) is 4.70. The molecule has 4 nitrogen and oxygen atoms in total. The fraction of sp³-hybridized carbons (Fsp3) is 0.586. The second kappa shape index (κ2) is 9.97. The van der Waals surface area contributed by atoms with E-state index in [0.29, 0.717) is 5.92 Å². The van der Waals surface area contributed by atoms with Crippen molar-refractivity contribution in [3.8, 4) is 0 Å². The number of aryl methyl sites for hydroxylation is 1. The van der Waals surface area contributed by atoms with Crippen molar-refractivity contribution in [3.63, 3.8) is 0 Å². The Balaban J connectivity index is 1.27. The van der Waals surface area contributed by atoms with Gasteiger partial charge in [-0.05, 0) is 42.5 Å². The van der Waals surface area contributed by atoms with E-state index in [1.165, 1.54) is 62.9 Å². The zero-order valence-corrected chi connectivity index (χ0v) is 20.0. The molecule has 1 atom stereocenters. The van der Waals surface area contributed by atoms with Gasteiger partial charge in [-0.25, -0.2) is 0 Å². The lowest BCUT2D eigenvalue weighted by Gasteiger charge is -2.52. The number of fused-ring (bicyclic) bond motifs is 3. The predicted octanol–water partition coefficient (Wildman–Crippen LogP) is 5.46. The number of hydrogen-bond acceptors (Lipinski definition) is 3. The molecule has 4 aliphatic rings. The molecule has 2 bridgehead atoms. The predicted molar refractivity (Wildman–Crippen MR) is 131 cm³/mol. The van der Waals surface area contributed by atoms with Crippen LogP contribution in [0.25, 0.3) is 0 Å². The fourth-order valence-corrected chi connectivity index (χ4v) is 6.79. The number of quaternary nitrogens is 1. The van der Waals surface area contributed by atoms with Crippen LogP contribution in [0.2, 0.25) is 0 Å². The van der Waals surface area contributed by atoms with Crippen LogP contribution in [0.1, 0.15) is 68.9 Å². The highest BCUT2D eigenvalue weighted by Crippen LogP contribution is 2.42. The summed E-state index contributed by atoms with van der Waals surface area (Å²) >= 11 is 0. The minimum Gasteiger partial charge on any atom is -0.455 e. The number of carbonyl (C=O) groups is 1. The number of piperidine rings is 3. The van der Waals surface area contributed by atoms with E-state index in [2.05, 4.69) is 41.4 Å². The Morgan fingerprint density at radius 2 is 1.67 bits per heavy atom. The third kappa shape index (κ3) is 4.87. The molecule has 4 heterocycles. The molecule has 2 aromatic rings. The van der Waals surface area contributed by atoms with Crippen LogP contribution in [0, 0.1) is 5.92 Å². The Morgan fingerprint density at radius 1 is 0.970 bits per heavy atom. The van der Waals surface area contributed by atoms with Crippen LogP contribution in [0.5, 0.6) is 0 Å². The van der Waals surface area contributed by atoms with Gasteiger partial charge in [0.1, 0.15) is 6.54 Å². The van der Waals surface area contributed by atoms with Gasteiger partial charge in [-0.1, -0.05) is 56.0 Å². The molecule has 4 heteroatoms. The van der Waals surface area contributed by atoms with Crippen LogP contribution in [0.15, 0.2) is 54.9 Å². The average Bonchev–Trinajstić information content (AvgIpc) is 3.13. The van der Waals surface area contributed by atoms with Crippen LogP contribution in [0.4, 0.5) is 0 Å². The number of ether oxygens (including phenoxy) is 1. The number of benzene rings is 1. The monoisotopic (exact) mass is 447 g/mol. The molecule has 3 saturated heterocycles. The number of rotatable bonds is 7. The molecule has 0 N–H and O–H groups in total. The highest BCUT2D eigenvalue weighted by molar-refractivity contribution is 5.83. The van der Waals surface area contributed by atoms with Crippen LogP contribution >= 0.6 is 0 Å². The smallest absolute Gasteiger partial charge is 0.317 e. The minimum atomic E-state index is -0.448. The van der Waals surface area contributed by atoms with E-state index in [1.54, 1.807) is 0 Å². The Kier molecular flexibility index (Phi) is 6.82. The maximum Gasteiger partial charge on any atom is 0.317 e. The summed E-state index contributed by atoms with van der Waals surface area (Å²) in [5.74, 6) is 0.608. The highest BCUT2D eigenvalue weighted by atomic mass is 16.5. The van der Waals surface area contributed by atoms with Gasteiger partial charge in [-0.15, -0.1) is 0 Å². The number of esters is 1. The molecule has 3 aliphatic heterocycles. The summed E-state index contributed by atoms with van der Waals surface area (Å²) in [6, 6.07) is 14.8. The van der Waals surface area contributed by atoms with Crippen molar-refractivity contribution in [1.82, 2.24) is 4.98 Å². The van der Waals surface area contributed by atoms with Gasteiger partial charge in [0.25, 0.3) is 0 Å². The van der Waals surface area contributed by atoms with Gasteiger partial charge in [-0.3, -0.25) is 9.78 Å². The van der Waals surface area contributed by atoms with Crippen LogP contribution < -0.4 is 0 Å². The van der Waals surface area contributed by atoms with Crippen molar-refractivity contribution < 1.29 is 14.0 Å². The first-order valence-corrected chi connectivity index (χ1v) is 13.2. The molecule has 176 valence electrons. The van der Waals surface area contributed by atoms with Crippen molar-refractivity contribution in [1.29, 1.82) is 0 Å². The lowest BCUT2D eigenvalue weighted by molar-refractivity contribution is -0.946. The minimum absolute atomic E-state index is 0.0595. The Bertz CT molecular complexity index is 898. The molecule has 6 rings (SSSR count). The van der Waals surface area contributed by atoms with E-state index in [4.69, 9.17) is 4.74 Å². The topological polar surface area (TPSA) is 39.2 Å². The number of aromatic nitrogens is 1. The number of pyridine rings is 1. The summed E-state index contributed by atoms with van der Waals surface area (Å²) in [5, 5.41) is 0. The van der Waals surface area contributed by atoms with Gasteiger partial charge in [0.2, 0.25) is 0 Å². The third-order valence-electron chi connectivity index (χ3n) is 8.82. The summed E-state index contributed by atoms with van der Waals surface area (Å²) < 4.78 is 7.64. The molecular formula is C29H39N2O2+. The van der Waals surface area contributed by atoms with Gasteiger partial charge < -0.3 is 9.22 Å². The highest BCUT2D eigenvalue weighted by Gasteiger charge is 2.50. The summed E-state index contributed by atoms with van der Waals surface area (Å²) in [7, 11) is 0. The van der Waals surface area contributed by atoms with E-state index in [-0.39, 0.29) is 12.1 Å². The van der Waals surface area contributed by atoms with E-state index in [0.717, 1.165) is 43.1 Å². The maximum absolute atomic E-state index is 13.9.